The van der Waals surface area contributed by atoms with Crippen molar-refractivity contribution in [1.82, 2.24) is 10.9 Å². The Kier molecular flexibility index (Phi) is 9.52. The number of rotatable bonds is 11. The summed E-state index contributed by atoms with van der Waals surface area (Å²) in [5.74, 6) is -0.323. The third kappa shape index (κ3) is 8.29. The second-order valence-electron chi connectivity index (χ2n) is 7.75. The van der Waals surface area contributed by atoms with Crippen molar-refractivity contribution in [2.24, 2.45) is 10.2 Å². The summed E-state index contributed by atoms with van der Waals surface area (Å²) in [5, 5.41) is 29.3. The van der Waals surface area contributed by atoms with Crippen LogP contribution in [0.1, 0.15) is 45.5 Å². The summed E-state index contributed by atoms with van der Waals surface area (Å²) < 4.78 is 0. The summed E-state index contributed by atoms with van der Waals surface area (Å²) in [6.07, 6.45) is 4.72. The second-order valence-corrected chi connectivity index (χ2v) is 7.75. The Bertz CT molecular complexity index is 1350. The normalized spacial score (nSPS) is 10.5. The van der Waals surface area contributed by atoms with Crippen molar-refractivity contribution in [1.29, 1.82) is 10.5 Å². The maximum Gasteiger partial charge on any atom is 0.271 e. The monoisotopic (exact) mass is 475 g/mol. The first-order valence-corrected chi connectivity index (χ1v) is 11.2. The average Bonchev–Trinajstić information content (AvgIpc) is 2.91. The molecular weight excluding hydrogens is 450 g/mol. The number of hydrazone groups is 2. The van der Waals surface area contributed by atoms with Crippen LogP contribution in [0.5, 0.6) is 0 Å². The molecule has 0 bridgehead atoms. The Balaban J connectivity index is 1.36. The first-order chi connectivity index (χ1) is 17.6. The summed E-state index contributed by atoms with van der Waals surface area (Å²) in [5.41, 5.74) is 10.3. The van der Waals surface area contributed by atoms with Gasteiger partial charge in [0.1, 0.15) is 0 Å². The van der Waals surface area contributed by atoms with Crippen molar-refractivity contribution in [2.45, 2.75) is 12.8 Å². The van der Waals surface area contributed by atoms with Crippen LogP contribution in [0.3, 0.4) is 0 Å². The van der Waals surface area contributed by atoms with Crippen LogP contribution in [0.4, 0.5) is 5.69 Å². The molecule has 8 heteroatoms. The number of benzene rings is 3. The van der Waals surface area contributed by atoms with Gasteiger partial charge in [-0.25, -0.2) is 5.43 Å². The zero-order valence-electron chi connectivity index (χ0n) is 19.6. The number of nitrogens with zero attached hydrogens (tertiary/aromatic N) is 4. The van der Waals surface area contributed by atoms with Crippen LogP contribution < -0.4 is 16.2 Å². The number of amides is 1. The zero-order chi connectivity index (χ0) is 25.6. The highest BCUT2D eigenvalue weighted by Crippen LogP contribution is 2.10. The van der Waals surface area contributed by atoms with E-state index in [2.05, 4.69) is 45.1 Å². The Morgan fingerprint density at radius 1 is 0.861 bits per heavy atom. The SMILES string of the molecule is C=C(CCCNc1ccc(C(=O)N/N=C/c2cccc(C#N)c2)cc1)N/N=C/c1cccc(C#N)c1. The number of carbonyl (C=O) groups excluding carboxylic acids is 1. The predicted octanol–water partition coefficient (Wildman–Crippen LogP) is 4.52. The van der Waals surface area contributed by atoms with E-state index >= 15 is 0 Å². The van der Waals surface area contributed by atoms with Crippen LogP contribution in [-0.2, 0) is 0 Å². The molecule has 0 aliphatic carbocycles. The van der Waals surface area contributed by atoms with Gasteiger partial charge in [-0.3, -0.25) is 10.2 Å². The maximum atomic E-state index is 12.3. The molecule has 0 fully saturated rings. The molecule has 0 atom stereocenters. The highest BCUT2D eigenvalue weighted by Gasteiger charge is 2.04. The minimum atomic E-state index is -0.323. The molecule has 178 valence electrons. The third-order valence-electron chi connectivity index (χ3n) is 4.98. The van der Waals surface area contributed by atoms with Crippen LogP contribution in [0.25, 0.3) is 0 Å². The number of nitrogens with one attached hydrogen (secondary N) is 3. The topological polar surface area (TPSA) is 125 Å². The van der Waals surface area contributed by atoms with E-state index in [9.17, 15) is 4.79 Å². The Morgan fingerprint density at radius 2 is 1.44 bits per heavy atom. The Morgan fingerprint density at radius 3 is 2.03 bits per heavy atom. The number of nitriles is 2. The van der Waals surface area contributed by atoms with E-state index in [1.807, 2.05) is 24.3 Å². The third-order valence-corrected chi connectivity index (χ3v) is 4.98. The van der Waals surface area contributed by atoms with E-state index in [0.717, 1.165) is 41.9 Å². The molecule has 3 rings (SSSR count). The van der Waals surface area contributed by atoms with Gasteiger partial charge in [0.2, 0.25) is 0 Å². The molecule has 0 spiro atoms. The van der Waals surface area contributed by atoms with Crippen LogP contribution in [0.2, 0.25) is 0 Å². The van der Waals surface area contributed by atoms with Gasteiger partial charge < -0.3 is 5.32 Å². The van der Waals surface area contributed by atoms with E-state index in [1.54, 1.807) is 54.7 Å². The quantitative estimate of drug-likeness (QED) is 0.214. The lowest BCUT2D eigenvalue weighted by molar-refractivity contribution is 0.0955. The molecule has 0 aliphatic heterocycles. The molecule has 0 saturated heterocycles. The lowest BCUT2D eigenvalue weighted by Crippen LogP contribution is -2.17. The van der Waals surface area contributed by atoms with E-state index in [4.69, 9.17) is 10.5 Å². The van der Waals surface area contributed by atoms with Gasteiger partial charge in [0.25, 0.3) is 5.91 Å². The lowest BCUT2D eigenvalue weighted by Gasteiger charge is -2.08. The van der Waals surface area contributed by atoms with Crippen molar-refractivity contribution >= 4 is 24.0 Å². The number of carbonyl (C=O) groups is 1. The molecule has 8 nitrogen and oxygen atoms in total. The fraction of sp³-hybridized carbons (Fsp3) is 0.107. The molecule has 3 aromatic carbocycles. The standard InChI is InChI=1S/C28H25N7O/c1-21(34-32-19-24-8-2-6-22(15-24)17-29)5-4-14-31-27-12-10-26(11-13-27)28(36)35-33-20-25-9-3-7-23(16-25)18-30/h2-3,6-13,15-16,19-20,31,34H,1,4-5,14H2,(H,35,36)/b32-19+,33-20+. The lowest BCUT2D eigenvalue weighted by atomic mass is 10.1. The van der Waals surface area contributed by atoms with Crippen molar-refractivity contribution < 1.29 is 4.79 Å². The molecule has 3 N–H and O–H groups in total. The predicted molar refractivity (Wildman–Crippen MR) is 141 cm³/mol. The van der Waals surface area contributed by atoms with Crippen LogP contribution in [-0.4, -0.2) is 24.9 Å². The minimum Gasteiger partial charge on any atom is -0.385 e. The summed E-state index contributed by atoms with van der Waals surface area (Å²) in [7, 11) is 0. The minimum absolute atomic E-state index is 0.323. The first kappa shape index (κ1) is 25.4. The van der Waals surface area contributed by atoms with E-state index in [-0.39, 0.29) is 5.91 Å². The van der Waals surface area contributed by atoms with Crippen molar-refractivity contribution in [3.63, 3.8) is 0 Å². The molecule has 0 unspecified atom stereocenters. The van der Waals surface area contributed by atoms with Crippen molar-refractivity contribution in [2.75, 3.05) is 11.9 Å². The highest BCUT2D eigenvalue weighted by atomic mass is 16.2. The van der Waals surface area contributed by atoms with Crippen molar-refractivity contribution in [3.8, 4) is 12.1 Å². The van der Waals surface area contributed by atoms with Gasteiger partial charge in [-0.2, -0.15) is 20.7 Å². The van der Waals surface area contributed by atoms with Crippen LogP contribution in [0.15, 0.2) is 95.3 Å². The van der Waals surface area contributed by atoms with Gasteiger partial charge >= 0.3 is 0 Å². The largest absolute Gasteiger partial charge is 0.385 e. The zero-order valence-corrected chi connectivity index (χ0v) is 19.6. The average molecular weight is 476 g/mol. The van der Waals surface area contributed by atoms with E-state index < -0.39 is 0 Å². The first-order valence-electron chi connectivity index (χ1n) is 11.2. The molecule has 36 heavy (non-hydrogen) atoms. The van der Waals surface area contributed by atoms with Crippen LogP contribution in [0, 0.1) is 22.7 Å². The Hall–Kier alpha value is -5.21. The molecule has 0 heterocycles. The summed E-state index contributed by atoms with van der Waals surface area (Å²) in [6.45, 7) is 4.70. The molecule has 0 aromatic heterocycles. The molecular formula is C28H25N7O. The fourth-order valence-corrected chi connectivity index (χ4v) is 3.13. The maximum absolute atomic E-state index is 12.3. The molecule has 0 aliphatic rings. The van der Waals surface area contributed by atoms with Gasteiger partial charge in [-0.05, 0) is 72.5 Å². The number of hydrogen-bond donors (Lipinski definition) is 3. The number of hydrogen-bond acceptors (Lipinski definition) is 7. The summed E-state index contributed by atoms with van der Waals surface area (Å²) in [4.78, 5) is 12.3. The van der Waals surface area contributed by atoms with E-state index in [0.29, 0.717) is 16.7 Å². The van der Waals surface area contributed by atoms with Gasteiger partial charge in [0, 0.05) is 23.5 Å². The molecule has 0 radical (unpaired) electrons. The van der Waals surface area contributed by atoms with E-state index in [1.165, 1.54) is 6.21 Å². The van der Waals surface area contributed by atoms with Gasteiger partial charge in [-0.1, -0.05) is 30.8 Å². The fourth-order valence-electron chi connectivity index (χ4n) is 3.13. The highest BCUT2D eigenvalue weighted by molar-refractivity contribution is 5.95. The molecule has 0 saturated carbocycles. The van der Waals surface area contributed by atoms with Gasteiger partial charge in [0.05, 0.1) is 35.7 Å². The summed E-state index contributed by atoms with van der Waals surface area (Å²) in [6, 6.07) is 25.4. The smallest absolute Gasteiger partial charge is 0.271 e. The van der Waals surface area contributed by atoms with Crippen molar-refractivity contribution in [3.05, 3.63) is 113 Å². The Labute approximate surface area is 210 Å². The van der Waals surface area contributed by atoms with Gasteiger partial charge in [0.15, 0.2) is 0 Å². The number of anilines is 1. The van der Waals surface area contributed by atoms with Gasteiger partial charge in [-0.15, -0.1) is 0 Å². The summed E-state index contributed by atoms with van der Waals surface area (Å²) >= 11 is 0. The molecule has 1 amide bonds. The number of allylic oxidation sites excluding steroid dienone is 1. The molecule has 3 aromatic rings. The second kappa shape index (κ2) is 13.5. The van der Waals surface area contributed by atoms with Crippen LogP contribution >= 0.6 is 0 Å².